The van der Waals surface area contributed by atoms with E-state index in [1.165, 1.54) is 92.3 Å². The molecule has 0 N–H and O–H groups in total. The number of rotatable bonds is 6. The van der Waals surface area contributed by atoms with Gasteiger partial charge in [0.1, 0.15) is 0 Å². The highest BCUT2D eigenvalue weighted by Crippen LogP contribution is 2.64. The Morgan fingerprint density at radius 3 is 1.76 bits per heavy atom. The first-order chi connectivity index (χ1) is 28.5. The van der Waals surface area contributed by atoms with Gasteiger partial charge >= 0.3 is 0 Å². The van der Waals surface area contributed by atoms with E-state index in [9.17, 15) is 0 Å². The fourth-order valence-corrected chi connectivity index (χ4v) is 11.6. The zero-order valence-electron chi connectivity index (χ0n) is 32.4. The van der Waals surface area contributed by atoms with Gasteiger partial charge in [0.2, 0.25) is 0 Å². The van der Waals surface area contributed by atoms with E-state index < -0.39 is 5.41 Å². The monoisotopic (exact) mass is 757 g/mol. The molecule has 0 aliphatic heterocycles. The molecule has 0 unspecified atom stereocenters. The predicted octanol–water partition coefficient (Wildman–Crippen LogP) is 15.3. The normalized spacial score (nSPS) is 14.3. The van der Waals surface area contributed by atoms with E-state index in [1.807, 2.05) is 11.3 Å². The fraction of sp³-hybridized carbons (Fsp3) is 0.0714. The van der Waals surface area contributed by atoms with Gasteiger partial charge in [-0.15, -0.1) is 11.3 Å². The van der Waals surface area contributed by atoms with Gasteiger partial charge in [-0.05, 0) is 103 Å². The molecule has 0 bridgehead atoms. The van der Waals surface area contributed by atoms with Crippen LogP contribution < -0.4 is 4.90 Å². The van der Waals surface area contributed by atoms with Crippen LogP contribution in [0.3, 0.4) is 0 Å². The Morgan fingerprint density at radius 1 is 0.397 bits per heavy atom. The summed E-state index contributed by atoms with van der Waals surface area (Å²) in [6.45, 7) is 4.77. The lowest BCUT2D eigenvalue weighted by atomic mass is 9.65. The molecule has 0 radical (unpaired) electrons. The maximum absolute atomic E-state index is 2.45. The van der Waals surface area contributed by atoms with E-state index in [4.69, 9.17) is 0 Å². The van der Waals surface area contributed by atoms with Crippen molar-refractivity contribution in [1.29, 1.82) is 0 Å². The molecule has 2 aliphatic carbocycles. The molecular formula is C56H39NS. The third kappa shape index (κ3) is 4.58. The van der Waals surface area contributed by atoms with Gasteiger partial charge in [-0.3, -0.25) is 0 Å². The first kappa shape index (κ1) is 33.4. The molecule has 1 heterocycles. The van der Waals surface area contributed by atoms with Crippen molar-refractivity contribution in [2.24, 2.45) is 0 Å². The average molecular weight is 758 g/mol. The van der Waals surface area contributed by atoms with E-state index >= 15 is 0 Å². The van der Waals surface area contributed by atoms with Gasteiger partial charge in [-0.2, -0.15) is 0 Å². The SMILES string of the molecule is CC1(C)c2cccc3c2-c2c1cccc2C3(c1ccccc1)c1cccc(-c2ccc(N(c3ccc4c(c3)sc3ccccc34)c3cccc4ccccc34)cc2)c1. The third-order valence-electron chi connectivity index (χ3n) is 13.1. The van der Waals surface area contributed by atoms with Crippen LogP contribution in [0.5, 0.6) is 0 Å². The Kier molecular flexibility index (Phi) is 7.13. The number of thiophene rings is 1. The van der Waals surface area contributed by atoms with Crippen LogP contribution in [0.4, 0.5) is 17.1 Å². The minimum atomic E-state index is -0.430. The number of anilines is 3. The Hall–Kier alpha value is -6.74. The van der Waals surface area contributed by atoms with Crippen molar-refractivity contribution >= 4 is 59.3 Å². The van der Waals surface area contributed by atoms with Crippen LogP contribution >= 0.6 is 11.3 Å². The molecule has 12 rings (SSSR count). The first-order valence-corrected chi connectivity index (χ1v) is 21.1. The van der Waals surface area contributed by atoms with Gasteiger partial charge < -0.3 is 4.90 Å². The van der Waals surface area contributed by atoms with Crippen molar-refractivity contribution in [3.05, 3.63) is 234 Å². The predicted molar refractivity (Wildman–Crippen MR) is 246 cm³/mol. The summed E-state index contributed by atoms with van der Waals surface area (Å²) in [6.07, 6.45) is 0. The van der Waals surface area contributed by atoms with E-state index in [2.05, 4.69) is 219 Å². The molecule has 9 aromatic carbocycles. The second-order valence-corrected chi connectivity index (χ2v) is 17.5. The number of fused-ring (bicyclic) bond motifs is 4. The highest BCUT2D eigenvalue weighted by molar-refractivity contribution is 7.25. The fourth-order valence-electron chi connectivity index (χ4n) is 10.5. The molecule has 0 fully saturated rings. The third-order valence-corrected chi connectivity index (χ3v) is 14.3. The van der Waals surface area contributed by atoms with E-state index in [0.717, 1.165) is 11.4 Å². The molecule has 2 aliphatic rings. The zero-order valence-corrected chi connectivity index (χ0v) is 33.2. The van der Waals surface area contributed by atoms with Crippen molar-refractivity contribution in [2.75, 3.05) is 4.90 Å². The van der Waals surface area contributed by atoms with Crippen molar-refractivity contribution in [1.82, 2.24) is 0 Å². The smallest absolute Gasteiger partial charge is 0.0713 e. The van der Waals surface area contributed by atoms with Crippen molar-refractivity contribution in [3.63, 3.8) is 0 Å². The van der Waals surface area contributed by atoms with Crippen LogP contribution in [0.15, 0.2) is 200 Å². The molecule has 2 heteroatoms. The highest BCUT2D eigenvalue weighted by Gasteiger charge is 2.52. The molecule has 274 valence electrons. The summed E-state index contributed by atoms with van der Waals surface area (Å²) in [6, 6.07) is 74.8. The lowest BCUT2D eigenvalue weighted by Crippen LogP contribution is -2.30. The Balaban J connectivity index is 1.01. The summed E-state index contributed by atoms with van der Waals surface area (Å²) in [4.78, 5) is 2.43. The molecule has 0 saturated carbocycles. The minimum Gasteiger partial charge on any atom is -0.310 e. The van der Waals surface area contributed by atoms with Gasteiger partial charge in [0.15, 0.2) is 0 Å². The maximum Gasteiger partial charge on any atom is 0.0713 e. The summed E-state index contributed by atoms with van der Waals surface area (Å²) < 4.78 is 2.61. The largest absolute Gasteiger partial charge is 0.310 e. The topological polar surface area (TPSA) is 3.24 Å². The molecule has 1 aromatic heterocycles. The summed E-state index contributed by atoms with van der Waals surface area (Å²) in [5, 5.41) is 5.08. The molecule has 1 nitrogen and oxygen atoms in total. The van der Waals surface area contributed by atoms with E-state index in [1.54, 1.807) is 0 Å². The van der Waals surface area contributed by atoms with Crippen molar-refractivity contribution in [2.45, 2.75) is 24.7 Å². The Morgan fingerprint density at radius 2 is 0.983 bits per heavy atom. The van der Waals surface area contributed by atoms with Gasteiger partial charge in [0.25, 0.3) is 0 Å². The summed E-state index contributed by atoms with van der Waals surface area (Å²) >= 11 is 1.87. The van der Waals surface area contributed by atoms with Crippen LogP contribution in [0, 0.1) is 0 Å². The van der Waals surface area contributed by atoms with Gasteiger partial charge in [0.05, 0.1) is 11.1 Å². The lowest BCUT2D eigenvalue weighted by Gasteiger charge is -2.36. The number of benzene rings is 9. The van der Waals surface area contributed by atoms with Crippen LogP contribution in [-0.4, -0.2) is 0 Å². The van der Waals surface area contributed by atoms with Crippen LogP contribution in [-0.2, 0) is 10.8 Å². The second-order valence-electron chi connectivity index (χ2n) is 16.4. The standard InChI is InChI=1S/C56H39NS/c1-55(2)46-22-12-24-48-53(46)54-47(55)23-13-25-49(54)56(48,39-17-4-3-5-18-39)40-19-10-16-38(34-40)36-28-30-41(31-29-36)57(50-26-11-15-37-14-6-7-20-43(37)50)42-32-33-45-44-21-8-9-27-51(44)58-52(45)35-42/h3-35H,1-2H3. The maximum atomic E-state index is 2.45. The number of hydrogen-bond donors (Lipinski definition) is 0. The summed E-state index contributed by atoms with van der Waals surface area (Å²) in [5.41, 5.74) is 16.5. The molecular weight excluding hydrogens is 719 g/mol. The Bertz CT molecular complexity index is 3200. The summed E-state index contributed by atoms with van der Waals surface area (Å²) in [5.74, 6) is 0. The second kappa shape index (κ2) is 12.4. The minimum absolute atomic E-state index is 0.0350. The van der Waals surface area contributed by atoms with Crippen LogP contribution in [0.2, 0.25) is 0 Å². The van der Waals surface area contributed by atoms with Crippen LogP contribution in [0.1, 0.15) is 47.2 Å². The number of nitrogens with zero attached hydrogens (tertiary/aromatic N) is 1. The Labute approximate surface area is 343 Å². The lowest BCUT2D eigenvalue weighted by molar-refractivity contribution is 0.652. The molecule has 58 heavy (non-hydrogen) atoms. The van der Waals surface area contributed by atoms with Crippen molar-refractivity contribution < 1.29 is 0 Å². The van der Waals surface area contributed by atoms with Crippen LogP contribution in [0.25, 0.3) is 53.2 Å². The van der Waals surface area contributed by atoms with E-state index in [0.29, 0.717) is 0 Å². The number of hydrogen-bond acceptors (Lipinski definition) is 2. The first-order valence-electron chi connectivity index (χ1n) is 20.3. The molecule has 0 saturated heterocycles. The molecule has 0 amide bonds. The molecule has 0 atom stereocenters. The average Bonchev–Trinajstić information content (AvgIpc) is 3.88. The highest BCUT2D eigenvalue weighted by atomic mass is 32.1. The van der Waals surface area contributed by atoms with Crippen molar-refractivity contribution in [3.8, 4) is 22.3 Å². The molecule has 0 spiro atoms. The van der Waals surface area contributed by atoms with Gasteiger partial charge in [-0.25, -0.2) is 0 Å². The molecule has 10 aromatic rings. The quantitative estimate of drug-likeness (QED) is 0.163. The van der Waals surface area contributed by atoms with Gasteiger partial charge in [-0.1, -0.05) is 172 Å². The van der Waals surface area contributed by atoms with Gasteiger partial charge in [0, 0.05) is 42.3 Å². The van der Waals surface area contributed by atoms with E-state index in [-0.39, 0.29) is 5.41 Å². The zero-order chi connectivity index (χ0) is 38.6. The summed E-state index contributed by atoms with van der Waals surface area (Å²) in [7, 11) is 0.